The van der Waals surface area contributed by atoms with E-state index in [2.05, 4.69) is 15.3 Å². The van der Waals surface area contributed by atoms with E-state index in [1.165, 1.54) is 6.33 Å². The fraction of sp³-hybridized carbons (Fsp3) is 0.148. The second-order valence-electron chi connectivity index (χ2n) is 7.65. The molecule has 0 amide bonds. The molecular weight excluding hydrogens is 414 g/mol. The van der Waals surface area contributed by atoms with Crippen LogP contribution in [0.4, 0.5) is 5.82 Å². The van der Waals surface area contributed by atoms with Crippen molar-refractivity contribution in [2.75, 3.05) is 5.32 Å². The molecule has 1 aromatic heterocycles. The molecule has 3 aromatic carbocycles. The van der Waals surface area contributed by atoms with Crippen molar-refractivity contribution in [3.05, 3.63) is 108 Å². The summed E-state index contributed by atoms with van der Waals surface area (Å²) < 4.78 is 5.84. The monoisotopic (exact) mass is 439 g/mol. The van der Waals surface area contributed by atoms with Crippen molar-refractivity contribution in [2.24, 2.45) is 0 Å². The van der Waals surface area contributed by atoms with Gasteiger partial charge in [0.25, 0.3) is 0 Å². The topological polar surface area (TPSA) is 84.3 Å². The summed E-state index contributed by atoms with van der Waals surface area (Å²) in [6.07, 6.45) is 2.55. The van der Waals surface area contributed by atoms with E-state index >= 15 is 0 Å². The average molecular weight is 440 g/mol. The van der Waals surface area contributed by atoms with E-state index in [4.69, 9.17) is 4.74 Å². The highest BCUT2D eigenvalue weighted by atomic mass is 16.5. The molecule has 4 aromatic rings. The molecule has 0 aliphatic rings. The van der Waals surface area contributed by atoms with Gasteiger partial charge >= 0.3 is 5.97 Å². The zero-order valence-corrected chi connectivity index (χ0v) is 18.1. The Bertz CT molecular complexity index is 1170. The third kappa shape index (κ3) is 6.40. The van der Waals surface area contributed by atoms with E-state index in [-0.39, 0.29) is 0 Å². The molecule has 4 rings (SSSR count). The molecule has 0 aliphatic heterocycles. The number of carboxylic acids is 1. The number of aliphatic carboxylic acids is 1. The number of aryl methyl sites for hydroxylation is 1. The van der Waals surface area contributed by atoms with Crippen LogP contribution >= 0.6 is 0 Å². The Morgan fingerprint density at radius 2 is 1.55 bits per heavy atom. The predicted molar refractivity (Wildman–Crippen MR) is 128 cm³/mol. The Morgan fingerprint density at radius 3 is 2.21 bits per heavy atom. The molecule has 1 heterocycles. The second kappa shape index (κ2) is 10.9. The van der Waals surface area contributed by atoms with E-state index in [0.29, 0.717) is 31.0 Å². The van der Waals surface area contributed by atoms with Crippen molar-refractivity contribution in [1.82, 2.24) is 9.97 Å². The predicted octanol–water partition coefficient (Wildman–Crippen LogP) is 5.22. The Hall–Kier alpha value is -4.19. The lowest BCUT2D eigenvalue weighted by Gasteiger charge is -2.15. The molecule has 6 nitrogen and oxygen atoms in total. The molecule has 33 heavy (non-hydrogen) atoms. The maximum absolute atomic E-state index is 11.8. The first-order chi connectivity index (χ1) is 16.2. The highest BCUT2D eigenvalue weighted by Gasteiger charge is 2.18. The highest BCUT2D eigenvalue weighted by molar-refractivity contribution is 5.77. The van der Waals surface area contributed by atoms with Gasteiger partial charge in [-0.2, -0.15) is 0 Å². The summed E-state index contributed by atoms with van der Waals surface area (Å²) in [6.45, 7) is 0.501. The molecule has 0 spiro atoms. The van der Waals surface area contributed by atoms with Crippen LogP contribution in [0.15, 0.2) is 97.3 Å². The van der Waals surface area contributed by atoms with Crippen molar-refractivity contribution in [3.63, 3.8) is 0 Å². The largest absolute Gasteiger partial charge is 0.489 e. The molecule has 0 radical (unpaired) electrons. The molecule has 0 aliphatic carbocycles. The Kier molecular flexibility index (Phi) is 7.28. The van der Waals surface area contributed by atoms with Gasteiger partial charge in [-0.1, -0.05) is 60.7 Å². The van der Waals surface area contributed by atoms with Crippen molar-refractivity contribution in [1.29, 1.82) is 0 Å². The van der Waals surface area contributed by atoms with Gasteiger partial charge in [0, 0.05) is 11.6 Å². The minimum atomic E-state index is -0.911. The van der Waals surface area contributed by atoms with E-state index in [0.717, 1.165) is 22.4 Å². The van der Waals surface area contributed by atoms with Crippen LogP contribution in [0.1, 0.15) is 17.5 Å². The number of rotatable bonds is 10. The fourth-order valence-corrected chi connectivity index (χ4v) is 3.45. The quantitative estimate of drug-likeness (QED) is 0.352. The van der Waals surface area contributed by atoms with Crippen LogP contribution in [0.2, 0.25) is 0 Å². The summed E-state index contributed by atoms with van der Waals surface area (Å²) in [5.41, 5.74) is 3.80. The van der Waals surface area contributed by atoms with Gasteiger partial charge in [0.05, 0.1) is 5.69 Å². The Labute approximate surface area is 192 Å². The van der Waals surface area contributed by atoms with E-state index in [1.807, 2.05) is 84.9 Å². The summed E-state index contributed by atoms with van der Waals surface area (Å²) in [4.78, 5) is 20.3. The van der Waals surface area contributed by atoms with Crippen LogP contribution in [0.5, 0.6) is 5.75 Å². The summed E-state index contributed by atoms with van der Waals surface area (Å²) in [7, 11) is 0. The molecule has 166 valence electrons. The van der Waals surface area contributed by atoms with Gasteiger partial charge < -0.3 is 15.2 Å². The number of carboxylic acid groups (broad SMARTS) is 1. The smallest absolute Gasteiger partial charge is 0.326 e. The van der Waals surface area contributed by atoms with Gasteiger partial charge in [-0.25, -0.2) is 14.8 Å². The van der Waals surface area contributed by atoms with Crippen LogP contribution < -0.4 is 10.1 Å². The number of anilines is 1. The maximum Gasteiger partial charge on any atom is 0.326 e. The molecule has 0 fully saturated rings. The number of aromatic nitrogens is 2. The van der Waals surface area contributed by atoms with Crippen molar-refractivity contribution in [2.45, 2.75) is 25.5 Å². The van der Waals surface area contributed by atoms with Gasteiger partial charge in [-0.15, -0.1) is 0 Å². The first-order valence-corrected chi connectivity index (χ1v) is 10.8. The fourth-order valence-electron chi connectivity index (χ4n) is 3.45. The standard InChI is InChI=1S/C27H25N3O3/c31-27(32)24(16-11-20-7-3-1-4-8-20)30-26-17-25(28-19-29-26)22-12-14-23(15-13-22)33-18-21-9-5-2-6-10-21/h1-10,12-15,17,19,24H,11,16,18H2,(H,31,32)(H,28,29,30). The molecular formula is C27H25N3O3. The Morgan fingerprint density at radius 1 is 0.879 bits per heavy atom. The van der Waals surface area contributed by atoms with Gasteiger partial charge in [0.15, 0.2) is 0 Å². The summed E-state index contributed by atoms with van der Waals surface area (Å²) in [6, 6.07) is 28.5. The van der Waals surface area contributed by atoms with Gasteiger partial charge in [-0.05, 0) is 48.2 Å². The first kappa shape index (κ1) is 22.0. The van der Waals surface area contributed by atoms with Crippen molar-refractivity contribution in [3.8, 4) is 17.0 Å². The number of hydrogen-bond acceptors (Lipinski definition) is 5. The van der Waals surface area contributed by atoms with Crippen LogP contribution in [0.3, 0.4) is 0 Å². The SMILES string of the molecule is O=C(O)C(CCc1ccccc1)Nc1cc(-c2ccc(OCc3ccccc3)cc2)ncn1. The average Bonchev–Trinajstić information content (AvgIpc) is 2.87. The summed E-state index contributed by atoms with van der Waals surface area (Å²) >= 11 is 0. The maximum atomic E-state index is 11.8. The molecule has 1 unspecified atom stereocenters. The molecule has 0 saturated carbocycles. The number of ether oxygens (including phenoxy) is 1. The molecule has 6 heteroatoms. The van der Waals surface area contributed by atoms with E-state index < -0.39 is 12.0 Å². The van der Waals surface area contributed by atoms with Crippen molar-refractivity contribution < 1.29 is 14.6 Å². The number of nitrogens with one attached hydrogen (secondary N) is 1. The first-order valence-electron chi connectivity index (χ1n) is 10.8. The normalized spacial score (nSPS) is 11.5. The van der Waals surface area contributed by atoms with E-state index in [9.17, 15) is 9.90 Å². The van der Waals surface area contributed by atoms with Crippen LogP contribution in [0.25, 0.3) is 11.3 Å². The third-order valence-corrected chi connectivity index (χ3v) is 5.25. The lowest BCUT2D eigenvalue weighted by Crippen LogP contribution is -2.30. The summed E-state index contributed by atoms with van der Waals surface area (Å²) in [5, 5.41) is 12.7. The highest BCUT2D eigenvalue weighted by Crippen LogP contribution is 2.23. The Balaban J connectivity index is 1.39. The molecule has 0 saturated heterocycles. The number of benzene rings is 3. The lowest BCUT2D eigenvalue weighted by atomic mass is 10.1. The van der Waals surface area contributed by atoms with Crippen LogP contribution in [-0.2, 0) is 17.8 Å². The minimum absolute atomic E-state index is 0.451. The molecule has 0 bridgehead atoms. The lowest BCUT2D eigenvalue weighted by molar-refractivity contribution is -0.138. The zero-order valence-electron chi connectivity index (χ0n) is 18.1. The van der Waals surface area contributed by atoms with Crippen LogP contribution in [0, 0.1) is 0 Å². The summed E-state index contributed by atoms with van der Waals surface area (Å²) in [5.74, 6) is 0.331. The zero-order chi connectivity index (χ0) is 22.9. The van der Waals surface area contributed by atoms with Gasteiger partial charge in [0.2, 0.25) is 0 Å². The van der Waals surface area contributed by atoms with Crippen molar-refractivity contribution >= 4 is 11.8 Å². The van der Waals surface area contributed by atoms with Crippen LogP contribution in [-0.4, -0.2) is 27.1 Å². The van der Waals surface area contributed by atoms with E-state index in [1.54, 1.807) is 6.07 Å². The number of carbonyl (C=O) groups is 1. The van der Waals surface area contributed by atoms with Gasteiger partial charge in [-0.3, -0.25) is 0 Å². The third-order valence-electron chi connectivity index (χ3n) is 5.25. The second-order valence-corrected chi connectivity index (χ2v) is 7.65. The van der Waals surface area contributed by atoms with Gasteiger partial charge in [0.1, 0.15) is 30.5 Å². The molecule has 2 N–H and O–H groups in total. The minimum Gasteiger partial charge on any atom is -0.489 e. The number of hydrogen-bond donors (Lipinski definition) is 2. The number of nitrogens with zero attached hydrogens (tertiary/aromatic N) is 2. The molecule has 1 atom stereocenters.